The molecule has 0 unspecified atom stereocenters. The van der Waals surface area contributed by atoms with E-state index in [0.717, 1.165) is 17.1 Å². The van der Waals surface area contributed by atoms with Crippen molar-refractivity contribution in [2.45, 2.75) is 13.5 Å². The Balaban J connectivity index is 1.97. The summed E-state index contributed by atoms with van der Waals surface area (Å²) < 4.78 is 5.01. The highest BCUT2D eigenvalue weighted by Gasteiger charge is 2.15. The Morgan fingerprint density at radius 3 is 2.79 bits per heavy atom. The molecule has 2 rings (SSSR count). The van der Waals surface area contributed by atoms with Crippen molar-refractivity contribution in [3.63, 3.8) is 0 Å². The maximum Gasteiger partial charge on any atom is 0.335 e. The number of halogens is 1. The number of nitrogens with zero attached hydrogens (tertiary/aromatic N) is 1. The Labute approximate surface area is 118 Å². The molecule has 0 N–H and O–H groups in total. The molecule has 1 aliphatic rings. The largest absolute Gasteiger partial charge is 0.463 e. The summed E-state index contributed by atoms with van der Waals surface area (Å²) in [6.07, 6.45) is 5.64. The van der Waals surface area contributed by atoms with Crippen molar-refractivity contribution < 1.29 is 9.53 Å². The summed E-state index contributed by atoms with van der Waals surface area (Å²) in [7, 11) is 0. The van der Waals surface area contributed by atoms with E-state index in [2.05, 4.69) is 4.90 Å². The number of carbonyl (C=O) groups is 1. The van der Waals surface area contributed by atoms with E-state index in [-0.39, 0.29) is 5.97 Å². The number of rotatable bonds is 4. The van der Waals surface area contributed by atoms with Crippen LogP contribution in [0.3, 0.4) is 0 Å². The van der Waals surface area contributed by atoms with Gasteiger partial charge in [-0.15, -0.1) is 0 Å². The third-order valence-corrected chi connectivity index (χ3v) is 3.06. The van der Waals surface area contributed by atoms with Crippen molar-refractivity contribution >= 4 is 17.6 Å². The number of hydrogen-bond acceptors (Lipinski definition) is 3. The van der Waals surface area contributed by atoms with Gasteiger partial charge in [0.2, 0.25) is 0 Å². The van der Waals surface area contributed by atoms with Crippen molar-refractivity contribution in [1.29, 1.82) is 0 Å². The van der Waals surface area contributed by atoms with Gasteiger partial charge in [0.25, 0.3) is 0 Å². The highest BCUT2D eigenvalue weighted by Crippen LogP contribution is 2.15. The number of carbonyl (C=O) groups excluding carboxylic acids is 1. The molecule has 1 heterocycles. The van der Waals surface area contributed by atoms with Gasteiger partial charge in [-0.05, 0) is 43.0 Å². The maximum atomic E-state index is 11.7. The number of hydrogen-bond donors (Lipinski definition) is 0. The van der Waals surface area contributed by atoms with Gasteiger partial charge in [0.05, 0.1) is 12.2 Å². The summed E-state index contributed by atoms with van der Waals surface area (Å²) in [5, 5.41) is 0.727. The molecule has 0 amide bonds. The molecule has 1 aromatic rings. The molecule has 1 aliphatic heterocycles. The van der Waals surface area contributed by atoms with Gasteiger partial charge < -0.3 is 9.64 Å². The SMILES string of the molecule is CCOC(=O)C1=CC=CN(Cc2ccc(Cl)cc2)C1. The Hall–Kier alpha value is -1.74. The lowest BCUT2D eigenvalue weighted by molar-refractivity contribution is -0.138. The number of benzene rings is 1. The van der Waals surface area contributed by atoms with Gasteiger partial charge in [0.15, 0.2) is 0 Å². The lowest BCUT2D eigenvalue weighted by atomic mass is 10.1. The molecular weight excluding hydrogens is 262 g/mol. The van der Waals surface area contributed by atoms with Crippen molar-refractivity contribution in [3.8, 4) is 0 Å². The fourth-order valence-corrected chi connectivity index (χ4v) is 2.02. The summed E-state index contributed by atoms with van der Waals surface area (Å²) in [5.74, 6) is -0.243. The summed E-state index contributed by atoms with van der Waals surface area (Å²) in [4.78, 5) is 13.7. The second-order valence-electron chi connectivity index (χ2n) is 4.29. The molecule has 0 radical (unpaired) electrons. The fraction of sp³-hybridized carbons (Fsp3) is 0.267. The molecule has 0 saturated heterocycles. The van der Waals surface area contributed by atoms with Crippen LogP contribution in [0.5, 0.6) is 0 Å². The summed E-state index contributed by atoms with van der Waals surface area (Å²) in [5.41, 5.74) is 1.83. The second kappa shape index (κ2) is 6.43. The minimum atomic E-state index is -0.243. The molecule has 0 atom stereocenters. The van der Waals surface area contributed by atoms with Crippen molar-refractivity contribution in [2.75, 3.05) is 13.2 Å². The third kappa shape index (κ3) is 3.86. The molecule has 0 aromatic heterocycles. The highest BCUT2D eigenvalue weighted by molar-refractivity contribution is 6.30. The topological polar surface area (TPSA) is 29.5 Å². The molecule has 0 fully saturated rings. The molecule has 0 bridgehead atoms. The molecular formula is C15H16ClNO2. The standard InChI is InChI=1S/C15H16ClNO2/c1-2-19-15(18)13-4-3-9-17(11-13)10-12-5-7-14(16)8-6-12/h3-9H,2,10-11H2,1H3. The Morgan fingerprint density at radius 2 is 2.11 bits per heavy atom. The first-order valence-electron chi connectivity index (χ1n) is 6.22. The van der Waals surface area contributed by atoms with Gasteiger partial charge in [-0.2, -0.15) is 0 Å². The Morgan fingerprint density at radius 1 is 1.37 bits per heavy atom. The van der Waals surface area contributed by atoms with Crippen molar-refractivity contribution in [3.05, 3.63) is 58.8 Å². The van der Waals surface area contributed by atoms with Gasteiger partial charge in [0.1, 0.15) is 0 Å². The minimum absolute atomic E-state index is 0.243. The average molecular weight is 278 g/mol. The predicted octanol–water partition coefficient (Wildman–Crippen LogP) is 3.16. The van der Waals surface area contributed by atoms with E-state index in [9.17, 15) is 4.79 Å². The van der Waals surface area contributed by atoms with Gasteiger partial charge in [-0.1, -0.05) is 23.7 Å². The van der Waals surface area contributed by atoms with E-state index in [1.807, 2.05) is 43.5 Å². The fourth-order valence-electron chi connectivity index (χ4n) is 1.89. The van der Waals surface area contributed by atoms with Crippen LogP contribution in [0.1, 0.15) is 12.5 Å². The smallest absolute Gasteiger partial charge is 0.335 e. The van der Waals surface area contributed by atoms with Crippen molar-refractivity contribution in [1.82, 2.24) is 4.90 Å². The van der Waals surface area contributed by atoms with Crippen LogP contribution >= 0.6 is 11.6 Å². The maximum absolute atomic E-state index is 11.7. The average Bonchev–Trinajstić information content (AvgIpc) is 2.42. The van der Waals surface area contributed by atoms with Crippen LogP contribution in [0.25, 0.3) is 0 Å². The lowest BCUT2D eigenvalue weighted by Gasteiger charge is -2.23. The van der Waals surface area contributed by atoms with Gasteiger partial charge in [-0.3, -0.25) is 0 Å². The van der Waals surface area contributed by atoms with Crippen LogP contribution in [0.2, 0.25) is 5.02 Å². The van der Waals surface area contributed by atoms with Gasteiger partial charge in [0, 0.05) is 18.1 Å². The third-order valence-electron chi connectivity index (χ3n) is 2.80. The predicted molar refractivity (Wildman–Crippen MR) is 75.7 cm³/mol. The normalized spacial score (nSPS) is 14.2. The van der Waals surface area contributed by atoms with Crippen LogP contribution in [0, 0.1) is 0 Å². The molecule has 4 heteroatoms. The van der Waals surface area contributed by atoms with Crippen LogP contribution in [0.4, 0.5) is 0 Å². The zero-order valence-corrected chi connectivity index (χ0v) is 11.6. The number of ether oxygens (including phenoxy) is 1. The van der Waals surface area contributed by atoms with E-state index in [0.29, 0.717) is 18.7 Å². The minimum Gasteiger partial charge on any atom is -0.463 e. The zero-order chi connectivity index (χ0) is 13.7. The van der Waals surface area contributed by atoms with E-state index in [1.54, 1.807) is 6.08 Å². The lowest BCUT2D eigenvalue weighted by Crippen LogP contribution is -2.26. The van der Waals surface area contributed by atoms with Crippen LogP contribution in [0.15, 0.2) is 48.2 Å². The van der Waals surface area contributed by atoms with Crippen molar-refractivity contribution in [2.24, 2.45) is 0 Å². The number of allylic oxidation sites excluding steroid dienone is 2. The molecule has 1 aromatic carbocycles. The Kier molecular flexibility index (Phi) is 4.63. The van der Waals surface area contributed by atoms with E-state index >= 15 is 0 Å². The second-order valence-corrected chi connectivity index (χ2v) is 4.72. The molecule has 0 aliphatic carbocycles. The van der Waals surface area contributed by atoms with Crippen LogP contribution < -0.4 is 0 Å². The summed E-state index contributed by atoms with van der Waals surface area (Å²) in [6.45, 7) is 3.52. The first-order chi connectivity index (χ1) is 9.19. The van der Waals surface area contributed by atoms with E-state index in [4.69, 9.17) is 16.3 Å². The highest BCUT2D eigenvalue weighted by atomic mass is 35.5. The van der Waals surface area contributed by atoms with Crippen LogP contribution in [-0.2, 0) is 16.1 Å². The summed E-state index contributed by atoms with van der Waals surface area (Å²) in [6, 6.07) is 7.70. The van der Waals surface area contributed by atoms with E-state index < -0.39 is 0 Å². The molecule has 3 nitrogen and oxygen atoms in total. The molecule has 19 heavy (non-hydrogen) atoms. The van der Waals surface area contributed by atoms with Gasteiger partial charge >= 0.3 is 5.97 Å². The molecule has 100 valence electrons. The Bertz CT molecular complexity index is 505. The first-order valence-corrected chi connectivity index (χ1v) is 6.60. The molecule has 0 spiro atoms. The van der Waals surface area contributed by atoms with E-state index in [1.165, 1.54) is 0 Å². The molecule has 0 saturated carbocycles. The zero-order valence-electron chi connectivity index (χ0n) is 10.8. The quantitative estimate of drug-likeness (QED) is 0.792. The summed E-state index contributed by atoms with van der Waals surface area (Å²) >= 11 is 5.86. The monoisotopic (exact) mass is 277 g/mol. The number of esters is 1. The van der Waals surface area contributed by atoms with Crippen LogP contribution in [-0.4, -0.2) is 24.0 Å². The first kappa shape index (κ1) is 13.7. The van der Waals surface area contributed by atoms with Gasteiger partial charge in [-0.25, -0.2) is 4.79 Å².